The highest BCUT2D eigenvalue weighted by atomic mass is 32.2. The van der Waals surface area contributed by atoms with Crippen molar-refractivity contribution < 1.29 is 9.18 Å². The van der Waals surface area contributed by atoms with Gasteiger partial charge in [-0.05, 0) is 37.1 Å². The van der Waals surface area contributed by atoms with Crippen LogP contribution in [0.4, 0.5) is 4.39 Å². The molecule has 170 valence electrons. The molecule has 0 saturated heterocycles. The van der Waals surface area contributed by atoms with Gasteiger partial charge in [-0.2, -0.15) is 5.10 Å². The molecule has 0 aliphatic carbocycles. The minimum atomic E-state index is -0.343. The van der Waals surface area contributed by atoms with E-state index < -0.39 is 0 Å². The zero-order valence-electron chi connectivity index (χ0n) is 18.4. The van der Waals surface area contributed by atoms with Crippen LogP contribution >= 0.6 is 11.8 Å². The molecule has 0 bridgehead atoms. The van der Waals surface area contributed by atoms with Crippen molar-refractivity contribution in [2.75, 3.05) is 5.75 Å². The third-order valence-electron chi connectivity index (χ3n) is 5.20. The molecule has 33 heavy (non-hydrogen) atoms. The van der Waals surface area contributed by atoms with Crippen LogP contribution in [-0.2, 0) is 24.4 Å². The number of amides is 1. The number of benzene rings is 2. The van der Waals surface area contributed by atoms with E-state index in [1.165, 1.54) is 28.5 Å². The maximum atomic E-state index is 13.4. The van der Waals surface area contributed by atoms with Crippen LogP contribution in [-0.4, -0.2) is 31.0 Å². The Morgan fingerprint density at radius 3 is 2.52 bits per heavy atom. The van der Waals surface area contributed by atoms with E-state index in [2.05, 4.69) is 10.4 Å². The molecule has 0 saturated carbocycles. The molecule has 2 aromatic heterocycles. The Hall–Kier alpha value is -3.46. The van der Waals surface area contributed by atoms with Crippen molar-refractivity contribution in [3.8, 4) is 0 Å². The lowest BCUT2D eigenvalue weighted by molar-refractivity contribution is -0.118. The zero-order chi connectivity index (χ0) is 23.4. The van der Waals surface area contributed by atoms with Crippen molar-refractivity contribution in [1.29, 1.82) is 0 Å². The van der Waals surface area contributed by atoms with Crippen molar-refractivity contribution in [3.63, 3.8) is 0 Å². The molecular weight excluding hydrogens is 441 g/mol. The van der Waals surface area contributed by atoms with Crippen molar-refractivity contribution in [1.82, 2.24) is 24.6 Å². The van der Waals surface area contributed by atoms with Crippen molar-refractivity contribution in [2.45, 2.75) is 38.6 Å². The number of nitrogens with zero attached hydrogens (tertiary/aromatic N) is 4. The number of carbonyl (C=O) groups excluding carboxylic acids is 1. The number of hydrogen-bond donors (Lipinski definition) is 1. The molecule has 0 aliphatic heterocycles. The van der Waals surface area contributed by atoms with Crippen LogP contribution in [0.15, 0.2) is 64.5 Å². The summed E-state index contributed by atoms with van der Waals surface area (Å²) in [5, 5.41) is 7.74. The number of fused-ring (bicyclic) bond motifs is 1. The van der Waals surface area contributed by atoms with Gasteiger partial charge in [-0.3, -0.25) is 18.8 Å². The normalized spacial score (nSPS) is 11.1. The van der Waals surface area contributed by atoms with Crippen LogP contribution in [0.2, 0.25) is 0 Å². The predicted octanol–water partition coefficient (Wildman–Crippen LogP) is 3.52. The summed E-state index contributed by atoms with van der Waals surface area (Å²) in [5.74, 6) is -0.397. The van der Waals surface area contributed by atoms with Gasteiger partial charge in [0.15, 0.2) is 10.7 Å². The number of aromatic nitrogens is 4. The Morgan fingerprint density at radius 1 is 1.09 bits per heavy atom. The van der Waals surface area contributed by atoms with Crippen molar-refractivity contribution >= 4 is 28.7 Å². The smallest absolute Gasteiger partial charge is 0.280 e. The molecule has 1 amide bonds. The second-order valence-corrected chi connectivity index (χ2v) is 8.50. The van der Waals surface area contributed by atoms with E-state index in [1.807, 2.05) is 44.2 Å². The number of halogens is 1. The predicted molar refractivity (Wildman–Crippen MR) is 127 cm³/mol. The average molecular weight is 466 g/mol. The van der Waals surface area contributed by atoms with Gasteiger partial charge in [0.25, 0.3) is 5.56 Å². The molecule has 9 heteroatoms. The van der Waals surface area contributed by atoms with Gasteiger partial charge in [0, 0.05) is 13.1 Å². The molecular formula is C24H24FN5O2S. The zero-order valence-corrected chi connectivity index (χ0v) is 19.2. The first-order valence-electron chi connectivity index (χ1n) is 10.6. The van der Waals surface area contributed by atoms with Crippen LogP contribution in [0.5, 0.6) is 0 Å². The van der Waals surface area contributed by atoms with Gasteiger partial charge >= 0.3 is 0 Å². The molecule has 2 heterocycles. The van der Waals surface area contributed by atoms with Crippen molar-refractivity contribution in [3.05, 3.63) is 87.6 Å². The summed E-state index contributed by atoms with van der Waals surface area (Å²) in [4.78, 5) is 30.6. The largest absolute Gasteiger partial charge is 0.351 e. The van der Waals surface area contributed by atoms with E-state index in [0.29, 0.717) is 35.0 Å². The third-order valence-corrected chi connectivity index (χ3v) is 6.18. The molecule has 0 spiro atoms. The van der Waals surface area contributed by atoms with Gasteiger partial charge in [-0.1, -0.05) is 54.2 Å². The molecule has 0 fully saturated rings. The van der Waals surface area contributed by atoms with E-state index in [-0.39, 0.29) is 29.6 Å². The lowest BCUT2D eigenvalue weighted by Gasteiger charge is -2.13. The minimum Gasteiger partial charge on any atom is -0.351 e. The van der Waals surface area contributed by atoms with E-state index in [9.17, 15) is 14.0 Å². The monoisotopic (exact) mass is 465 g/mol. The molecule has 2 aromatic carbocycles. The Kier molecular flexibility index (Phi) is 6.88. The summed E-state index contributed by atoms with van der Waals surface area (Å²) in [6.07, 6.45) is 0. The summed E-state index contributed by atoms with van der Waals surface area (Å²) in [5.41, 5.74) is 3.15. The number of carbonyl (C=O) groups is 1. The van der Waals surface area contributed by atoms with Crippen molar-refractivity contribution in [2.24, 2.45) is 0 Å². The minimum absolute atomic E-state index is 0.106. The Morgan fingerprint density at radius 2 is 1.82 bits per heavy atom. The topological polar surface area (TPSA) is 81.8 Å². The molecule has 7 nitrogen and oxygen atoms in total. The Labute approximate surface area is 194 Å². The summed E-state index contributed by atoms with van der Waals surface area (Å²) < 4.78 is 16.5. The lowest BCUT2D eigenvalue weighted by atomic mass is 10.2. The van der Waals surface area contributed by atoms with E-state index >= 15 is 0 Å². The second-order valence-electron chi connectivity index (χ2n) is 7.56. The van der Waals surface area contributed by atoms with E-state index in [0.717, 1.165) is 11.1 Å². The third kappa shape index (κ3) is 5.14. The highest BCUT2D eigenvalue weighted by Gasteiger charge is 2.19. The molecule has 4 rings (SSSR count). The number of hydrogen-bond acceptors (Lipinski definition) is 5. The SMILES string of the molecule is CCn1nc(C)c2nc(SCC(=O)NCc3ccccc3)n(Cc3ccc(F)cc3)c(=O)c21. The molecule has 0 atom stereocenters. The summed E-state index contributed by atoms with van der Waals surface area (Å²) in [6.45, 7) is 4.90. The molecule has 0 unspecified atom stereocenters. The molecule has 4 aromatic rings. The van der Waals surface area contributed by atoms with Crippen LogP contribution in [0.25, 0.3) is 11.0 Å². The lowest BCUT2D eigenvalue weighted by Crippen LogP contribution is -2.27. The Balaban J connectivity index is 1.62. The second kappa shape index (κ2) is 9.99. The van der Waals surface area contributed by atoms with Crippen LogP contribution in [0.3, 0.4) is 0 Å². The maximum Gasteiger partial charge on any atom is 0.280 e. The Bertz CT molecular complexity index is 1330. The summed E-state index contributed by atoms with van der Waals surface area (Å²) in [6, 6.07) is 15.6. The first kappa shape index (κ1) is 22.7. The van der Waals surface area contributed by atoms with Crippen LogP contribution < -0.4 is 10.9 Å². The molecule has 0 radical (unpaired) electrons. The fourth-order valence-electron chi connectivity index (χ4n) is 3.52. The van der Waals surface area contributed by atoms with Gasteiger partial charge in [0.2, 0.25) is 5.91 Å². The number of aryl methyl sites for hydroxylation is 2. The fraction of sp³-hybridized carbons (Fsp3) is 0.250. The highest BCUT2D eigenvalue weighted by Crippen LogP contribution is 2.21. The highest BCUT2D eigenvalue weighted by molar-refractivity contribution is 7.99. The van der Waals surface area contributed by atoms with Crippen LogP contribution in [0, 0.1) is 12.7 Å². The van der Waals surface area contributed by atoms with Crippen LogP contribution in [0.1, 0.15) is 23.7 Å². The number of nitrogens with one attached hydrogen (secondary N) is 1. The van der Waals surface area contributed by atoms with Gasteiger partial charge < -0.3 is 5.32 Å². The molecule has 1 N–H and O–H groups in total. The summed E-state index contributed by atoms with van der Waals surface area (Å²) in [7, 11) is 0. The summed E-state index contributed by atoms with van der Waals surface area (Å²) >= 11 is 1.20. The first-order chi connectivity index (χ1) is 16.0. The van der Waals surface area contributed by atoms with E-state index in [4.69, 9.17) is 4.98 Å². The van der Waals surface area contributed by atoms with Gasteiger partial charge in [-0.25, -0.2) is 9.37 Å². The van der Waals surface area contributed by atoms with Gasteiger partial charge in [0.05, 0.1) is 18.0 Å². The number of rotatable bonds is 8. The average Bonchev–Trinajstić information content (AvgIpc) is 3.16. The fourth-order valence-corrected chi connectivity index (χ4v) is 4.34. The van der Waals surface area contributed by atoms with Gasteiger partial charge in [-0.15, -0.1) is 0 Å². The maximum absolute atomic E-state index is 13.4. The van der Waals surface area contributed by atoms with Gasteiger partial charge in [0.1, 0.15) is 11.3 Å². The first-order valence-corrected chi connectivity index (χ1v) is 11.6. The number of thioether (sulfide) groups is 1. The van der Waals surface area contributed by atoms with E-state index in [1.54, 1.807) is 16.8 Å². The molecule has 0 aliphatic rings. The quantitative estimate of drug-likeness (QED) is 0.318. The standard InChI is InChI=1S/C24H24FN5O2S/c1-3-30-22-21(16(2)28-30)27-24(29(23(22)32)14-18-9-11-19(25)12-10-18)33-15-20(31)26-13-17-7-5-4-6-8-17/h4-12H,3,13-15H2,1-2H3,(H,26,31).